The summed E-state index contributed by atoms with van der Waals surface area (Å²) in [4.78, 5) is 28.4. The Labute approximate surface area is 187 Å². The van der Waals surface area contributed by atoms with Crippen molar-refractivity contribution in [3.05, 3.63) is 34.3 Å². The summed E-state index contributed by atoms with van der Waals surface area (Å²) >= 11 is 3.39. The van der Waals surface area contributed by atoms with Crippen molar-refractivity contribution in [1.29, 1.82) is 0 Å². The monoisotopic (exact) mass is 473 g/mol. The number of hydrazone groups is 1. The molecule has 1 saturated heterocycles. The maximum atomic E-state index is 13.8. The molecule has 0 unspecified atom stereocenters. The van der Waals surface area contributed by atoms with Crippen molar-refractivity contribution in [2.75, 3.05) is 13.1 Å². The van der Waals surface area contributed by atoms with E-state index in [-0.39, 0.29) is 16.7 Å². The van der Waals surface area contributed by atoms with Crippen LogP contribution in [0.1, 0.15) is 70.2 Å². The quantitative estimate of drug-likeness (QED) is 0.626. The lowest BCUT2D eigenvalue weighted by Crippen LogP contribution is -2.50. The summed E-state index contributed by atoms with van der Waals surface area (Å²) in [7, 11) is 0. The molecule has 2 amide bonds. The minimum Gasteiger partial charge on any atom is -0.342 e. The molecule has 2 saturated carbocycles. The zero-order valence-electron chi connectivity index (χ0n) is 18.4. The summed E-state index contributed by atoms with van der Waals surface area (Å²) in [5.74, 6) is 0.778. The third kappa shape index (κ3) is 3.14. The van der Waals surface area contributed by atoms with E-state index in [9.17, 15) is 9.59 Å². The number of fused-ring (bicyclic) bond motifs is 2. The number of likely N-dealkylation sites (tertiary alicyclic amines) is 1. The van der Waals surface area contributed by atoms with Crippen molar-refractivity contribution in [3.63, 3.8) is 0 Å². The molecule has 0 spiro atoms. The van der Waals surface area contributed by atoms with Crippen LogP contribution in [0.3, 0.4) is 0 Å². The molecule has 1 aromatic rings. The summed E-state index contributed by atoms with van der Waals surface area (Å²) in [6.07, 6.45) is 4.65. The van der Waals surface area contributed by atoms with E-state index >= 15 is 0 Å². The number of nitrogens with one attached hydrogen (secondary N) is 1. The molecule has 2 bridgehead atoms. The van der Waals surface area contributed by atoms with Gasteiger partial charge in [0.15, 0.2) is 0 Å². The van der Waals surface area contributed by atoms with Gasteiger partial charge in [0.25, 0.3) is 5.91 Å². The highest BCUT2D eigenvalue weighted by Gasteiger charge is 2.72. The number of benzene rings is 1. The zero-order valence-corrected chi connectivity index (χ0v) is 20.0. The first-order valence-corrected chi connectivity index (χ1v) is 11.8. The van der Waals surface area contributed by atoms with Gasteiger partial charge in [-0.05, 0) is 61.3 Å². The molecule has 2 aliphatic carbocycles. The number of hydrogen-bond donors (Lipinski definition) is 1. The van der Waals surface area contributed by atoms with E-state index in [0.29, 0.717) is 23.8 Å². The normalized spacial score (nSPS) is 31.9. The Bertz CT molecular complexity index is 886. The van der Waals surface area contributed by atoms with Gasteiger partial charge in [0.1, 0.15) is 0 Å². The fourth-order valence-electron chi connectivity index (χ4n) is 5.82. The van der Waals surface area contributed by atoms with Crippen molar-refractivity contribution in [3.8, 4) is 0 Å². The molecule has 1 aliphatic heterocycles. The highest BCUT2D eigenvalue weighted by atomic mass is 79.9. The van der Waals surface area contributed by atoms with E-state index in [2.05, 4.69) is 59.1 Å². The molecule has 6 heteroatoms. The van der Waals surface area contributed by atoms with Gasteiger partial charge in [-0.25, -0.2) is 5.43 Å². The fourth-order valence-corrected chi connectivity index (χ4v) is 6.09. The van der Waals surface area contributed by atoms with Gasteiger partial charge in [0, 0.05) is 40.7 Å². The van der Waals surface area contributed by atoms with Gasteiger partial charge in [-0.15, -0.1) is 0 Å². The molecule has 1 aromatic carbocycles. The smallest absolute Gasteiger partial charge is 0.271 e. The van der Waals surface area contributed by atoms with Crippen molar-refractivity contribution < 1.29 is 9.59 Å². The van der Waals surface area contributed by atoms with Crippen molar-refractivity contribution in [2.45, 2.75) is 59.8 Å². The summed E-state index contributed by atoms with van der Waals surface area (Å²) < 4.78 is 0.931. The van der Waals surface area contributed by atoms with Crippen LogP contribution >= 0.6 is 15.9 Å². The van der Waals surface area contributed by atoms with E-state index in [4.69, 9.17) is 0 Å². The van der Waals surface area contributed by atoms with Crippen LogP contribution in [0.2, 0.25) is 0 Å². The van der Waals surface area contributed by atoms with Crippen LogP contribution in [-0.4, -0.2) is 35.5 Å². The van der Waals surface area contributed by atoms with Crippen LogP contribution < -0.4 is 5.43 Å². The highest BCUT2D eigenvalue weighted by Crippen LogP contribution is 2.71. The van der Waals surface area contributed by atoms with E-state index in [0.717, 1.165) is 49.0 Å². The minimum atomic E-state index is -0.413. The zero-order chi connectivity index (χ0) is 21.7. The van der Waals surface area contributed by atoms with Gasteiger partial charge in [-0.2, -0.15) is 5.10 Å². The summed E-state index contributed by atoms with van der Waals surface area (Å²) in [6, 6.07) is 7.23. The molecule has 30 heavy (non-hydrogen) atoms. The summed E-state index contributed by atoms with van der Waals surface area (Å²) in [6.45, 7) is 10.7. The lowest BCUT2D eigenvalue weighted by Gasteiger charge is -2.43. The average Bonchev–Trinajstić information content (AvgIpc) is 3.03. The lowest BCUT2D eigenvalue weighted by atomic mass is 9.64. The van der Waals surface area contributed by atoms with Crippen molar-refractivity contribution in [1.82, 2.24) is 10.3 Å². The molecule has 3 fully saturated rings. The predicted molar refractivity (Wildman–Crippen MR) is 122 cm³/mol. The number of rotatable bonds is 3. The number of carbonyl (C=O) groups is 2. The van der Waals surface area contributed by atoms with Crippen LogP contribution in [0.4, 0.5) is 0 Å². The molecular formula is C24H32BrN3O2. The average molecular weight is 474 g/mol. The Morgan fingerprint density at radius 2 is 1.73 bits per heavy atom. The molecule has 2 atom stereocenters. The Balaban J connectivity index is 1.57. The second-order valence-corrected chi connectivity index (χ2v) is 11.1. The number of piperidine rings is 1. The van der Waals surface area contributed by atoms with Crippen LogP contribution in [0, 0.1) is 22.2 Å². The summed E-state index contributed by atoms with van der Waals surface area (Å²) in [5, 5.41) is 4.59. The first-order chi connectivity index (χ1) is 14.1. The molecular weight excluding hydrogens is 442 g/mol. The molecule has 1 heterocycles. The third-order valence-electron chi connectivity index (χ3n) is 8.61. The molecule has 3 aliphatic rings. The van der Waals surface area contributed by atoms with E-state index in [1.54, 1.807) is 12.1 Å². The van der Waals surface area contributed by atoms with Crippen LogP contribution in [0.25, 0.3) is 0 Å². The molecule has 5 nitrogen and oxygen atoms in total. The number of hydrogen-bond acceptors (Lipinski definition) is 3. The Hall–Kier alpha value is -1.69. The molecule has 162 valence electrons. The topological polar surface area (TPSA) is 61.8 Å². The van der Waals surface area contributed by atoms with Gasteiger partial charge in [-0.3, -0.25) is 9.59 Å². The van der Waals surface area contributed by atoms with Gasteiger partial charge in [0.05, 0.1) is 5.41 Å². The van der Waals surface area contributed by atoms with Crippen LogP contribution in [0.5, 0.6) is 0 Å². The second kappa shape index (κ2) is 7.47. The first kappa shape index (κ1) is 21.5. The third-order valence-corrected chi connectivity index (χ3v) is 9.14. The molecule has 1 N–H and O–H groups in total. The molecule has 0 radical (unpaired) electrons. The molecule has 0 aromatic heterocycles. The standard InChI is InChI=1S/C24H32BrN3O2/c1-16-9-13-28(14-10-16)21(30)24-12-11-23(4,22(24,2)3)19(15-24)26-27-20(29)17-5-7-18(25)8-6-17/h5-8,16H,9-15H2,1-4H3,(H,27,29)/b26-19+/t23-,24+/m0/s1. The fraction of sp³-hybridized carbons (Fsp3) is 0.625. The molecule has 4 rings (SSSR count). The summed E-state index contributed by atoms with van der Waals surface area (Å²) in [5.41, 5.74) is 3.50. The second-order valence-electron chi connectivity index (χ2n) is 10.2. The minimum absolute atomic E-state index is 0.182. The number of nitrogens with zero attached hydrogens (tertiary/aromatic N) is 2. The first-order valence-electron chi connectivity index (χ1n) is 11.0. The number of carbonyl (C=O) groups excluding carboxylic acids is 2. The van der Waals surface area contributed by atoms with E-state index in [1.165, 1.54) is 0 Å². The predicted octanol–water partition coefficient (Wildman–Crippen LogP) is 5.01. The number of halogens is 1. The highest BCUT2D eigenvalue weighted by molar-refractivity contribution is 9.10. The Morgan fingerprint density at radius 1 is 1.10 bits per heavy atom. The van der Waals surface area contributed by atoms with Gasteiger partial charge in [0.2, 0.25) is 5.91 Å². The van der Waals surface area contributed by atoms with Gasteiger partial charge < -0.3 is 4.90 Å². The Morgan fingerprint density at radius 3 is 2.37 bits per heavy atom. The SMILES string of the molecule is CC1CCN(C(=O)[C@@]23CC[C@@](C)(/C(=N/NC(=O)c4ccc(Br)cc4)C2)C3(C)C)CC1. The largest absolute Gasteiger partial charge is 0.342 e. The number of amides is 2. The van der Waals surface area contributed by atoms with Gasteiger partial charge in [-0.1, -0.05) is 43.6 Å². The maximum absolute atomic E-state index is 13.8. The van der Waals surface area contributed by atoms with Gasteiger partial charge >= 0.3 is 0 Å². The van der Waals surface area contributed by atoms with E-state index in [1.807, 2.05) is 12.1 Å². The van der Waals surface area contributed by atoms with Crippen LogP contribution in [-0.2, 0) is 4.79 Å². The van der Waals surface area contributed by atoms with Crippen molar-refractivity contribution >= 4 is 33.5 Å². The van der Waals surface area contributed by atoms with Crippen molar-refractivity contribution in [2.24, 2.45) is 27.3 Å². The van der Waals surface area contributed by atoms with Crippen LogP contribution in [0.15, 0.2) is 33.8 Å². The lowest BCUT2D eigenvalue weighted by molar-refractivity contribution is -0.148. The van der Waals surface area contributed by atoms with E-state index < -0.39 is 5.41 Å². The maximum Gasteiger partial charge on any atom is 0.271 e. The Kier molecular flexibility index (Phi) is 5.36.